The molecule has 0 unspecified atom stereocenters. The predicted molar refractivity (Wildman–Crippen MR) is 96.5 cm³/mol. The Balaban J connectivity index is 2.07. The second-order valence-electron chi connectivity index (χ2n) is 6.97. The summed E-state index contributed by atoms with van der Waals surface area (Å²) in [6, 6.07) is 4.04. The van der Waals surface area contributed by atoms with Crippen LogP contribution in [0, 0.1) is 17.0 Å². The summed E-state index contributed by atoms with van der Waals surface area (Å²) in [4.78, 5) is 27.0. The summed E-state index contributed by atoms with van der Waals surface area (Å²) in [6.07, 6.45) is 0.545. The summed E-state index contributed by atoms with van der Waals surface area (Å²) in [6.45, 7) is 7.85. The Kier molecular flexibility index (Phi) is 5.64. The van der Waals surface area contributed by atoms with Crippen LogP contribution in [-0.2, 0) is 16.6 Å². The molecule has 0 fully saturated rings. The van der Waals surface area contributed by atoms with Crippen molar-refractivity contribution in [3.63, 3.8) is 0 Å². The number of ether oxygens (including phenoxy) is 1. The van der Waals surface area contributed by atoms with Crippen LogP contribution in [0.15, 0.2) is 22.6 Å². The van der Waals surface area contributed by atoms with Crippen molar-refractivity contribution in [1.29, 1.82) is 0 Å². The molecule has 26 heavy (non-hydrogen) atoms. The lowest BCUT2D eigenvalue weighted by atomic mass is 9.97. The van der Waals surface area contributed by atoms with E-state index in [0.717, 1.165) is 5.69 Å². The summed E-state index contributed by atoms with van der Waals surface area (Å²) >= 11 is 0. The van der Waals surface area contributed by atoms with E-state index in [9.17, 15) is 14.9 Å². The SMILES string of the molecule is COc1ccc([N+](=O)[O-])cc1NC(=O)CCc1oc(C(C)(C)C)nc1C. The summed E-state index contributed by atoms with van der Waals surface area (Å²) in [5.41, 5.74) is 0.691. The highest BCUT2D eigenvalue weighted by Gasteiger charge is 2.22. The molecular weight excluding hydrogens is 338 g/mol. The smallest absolute Gasteiger partial charge is 0.271 e. The molecule has 0 saturated carbocycles. The van der Waals surface area contributed by atoms with E-state index >= 15 is 0 Å². The number of rotatable bonds is 6. The minimum absolute atomic E-state index is 0.123. The van der Waals surface area contributed by atoms with Gasteiger partial charge in [-0.3, -0.25) is 14.9 Å². The standard InChI is InChI=1S/C18H23N3O5/c1-11-14(26-17(19-11)18(2,3)4)8-9-16(22)20-13-10-12(21(23)24)6-7-15(13)25-5/h6-7,10H,8-9H2,1-5H3,(H,20,22). The predicted octanol–water partition coefficient (Wildman–Crippen LogP) is 3.77. The van der Waals surface area contributed by atoms with Crippen molar-refractivity contribution >= 4 is 17.3 Å². The fraction of sp³-hybridized carbons (Fsp3) is 0.444. The molecule has 0 atom stereocenters. The van der Waals surface area contributed by atoms with Gasteiger partial charge in [-0.2, -0.15) is 0 Å². The Hall–Kier alpha value is -2.90. The zero-order valence-corrected chi connectivity index (χ0v) is 15.6. The van der Waals surface area contributed by atoms with Crippen LogP contribution in [0.25, 0.3) is 0 Å². The van der Waals surface area contributed by atoms with E-state index in [1.165, 1.54) is 25.3 Å². The number of carbonyl (C=O) groups excluding carboxylic acids is 1. The van der Waals surface area contributed by atoms with Crippen LogP contribution in [0.3, 0.4) is 0 Å². The minimum Gasteiger partial charge on any atom is -0.495 e. The number of anilines is 1. The first-order chi connectivity index (χ1) is 12.1. The van der Waals surface area contributed by atoms with Crippen LogP contribution in [0.4, 0.5) is 11.4 Å². The fourth-order valence-corrected chi connectivity index (χ4v) is 2.33. The van der Waals surface area contributed by atoms with Gasteiger partial charge in [-0.15, -0.1) is 0 Å². The van der Waals surface area contributed by atoms with Crippen molar-refractivity contribution in [3.8, 4) is 5.75 Å². The maximum absolute atomic E-state index is 12.3. The Morgan fingerprint density at radius 3 is 2.62 bits per heavy atom. The Morgan fingerprint density at radius 1 is 1.38 bits per heavy atom. The number of nitro benzene ring substituents is 1. The van der Waals surface area contributed by atoms with Gasteiger partial charge in [-0.25, -0.2) is 4.98 Å². The van der Waals surface area contributed by atoms with Crippen LogP contribution < -0.4 is 10.1 Å². The molecule has 1 amide bonds. The number of hydrogen-bond donors (Lipinski definition) is 1. The van der Waals surface area contributed by atoms with E-state index in [-0.39, 0.29) is 29.1 Å². The molecule has 1 aromatic carbocycles. The molecule has 2 aromatic rings. The van der Waals surface area contributed by atoms with Gasteiger partial charge in [0.15, 0.2) is 5.89 Å². The highest BCUT2D eigenvalue weighted by Crippen LogP contribution is 2.29. The molecule has 140 valence electrons. The van der Waals surface area contributed by atoms with E-state index < -0.39 is 4.92 Å². The highest BCUT2D eigenvalue weighted by molar-refractivity contribution is 5.92. The molecule has 0 bridgehead atoms. The first-order valence-corrected chi connectivity index (χ1v) is 8.21. The van der Waals surface area contributed by atoms with Crippen molar-refractivity contribution in [3.05, 3.63) is 45.7 Å². The third-order valence-electron chi connectivity index (χ3n) is 3.78. The third-order valence-corrected chi connectivity index (χ3v) is 3.78. The number of hydrogen-bond acceptors (Lipinski definition) is 6. The van der Waals surface area contributed by atoms with Gasteiger partial charge in [-0.1, -0.05) is 20.8 Å². The number of oxazole rings is 1. The Bertz CT molecular complexity index is 821. The monoisotopic (exact) mass is 361 g/mol. The van der Waals surface area contributed by atoms with Crippen LogP contribution in [0.5, 0.6) is 5.75 Å². The first-order valence-electron chi connectivity index (χ1n) is 8.21. The molecule has 2 rings (SSSR count). The molecule has 8 heteroatoms. The zero-order chi connectivity index (χ0) is 19.5. The number of benzene rings is 1. The fourth-order valence-electron chi connectivity index (χ4n) is 2.33. The molecule has 8 nitrogen and oxygen atoms in total. The van der Waals surface area contributed by atoms with Gasteiger partial charge in [0.25, 0.3) is 5.69 Å². The number of nitrogens with zero attached hydrogens (tertiary/aromatic N) is 2. The van der Waals surface area contributed by atoms with Crippen LogP contribution in [0.2, 0.25) is 0 Å². The van der Waals surface area contributed by atoms with Gasteiger partial charge < -0.3 is 14.5 Å². The lowest BCUT2D eigenvalue weighted by Gasteiger charge is -2.12. The van der Waals surface area contributed by atoms with Gasteiger partial charge in [0.1, 0.15) is 11.5 Å². The topological polar surface area (TPSA) is 108 Å². The molecule has 0 spiro atoms. The number of aryl methyl sites for hydroxylation is 2. The molecule has 0 aliphatic rings. The summed E-state index contributed by atoms with van der Waals surface area (Å²) < 4.78 is 10.9. The number of nitrogens with one attached hydrogen (secondary N) is 1. The number of aromatic nitrogens is 1. The number of amides is 1. The normalized spacial score (nSPS) is 11.3. The van der Waals surface area contributed by atoms with E-state index in [2.05, 4.69) is 10.3 Å². The van der Waals surface area contributed by atoms with Crippen molar-refractivity contribution < 1.29 is 18.9 Å². The van der Waals surface area contributed by atoms with Gasteiger partial charge in [-0.05, 0) is 13.0 Å². The molecule has 0 aliphatic heterocycles. The van der Waals surface area contributed by atoms with Gasteiger partial charge in [0.05, 0.1) is 23.4 Å². The number of non-ortho nitro benzene ring substituents is 1. The van der Waals surface area contributed by atoms with Crippen molar-refractivity contribution in [2.24, 2.45) is 0 Å². The van der Waals surface area contributed by atoms with Crippen LogP contribution in [-0.4, -0.2) is 22.9 Å². The number of nitro groups is 1. The van der Waals surface area contributed by atoms with Gasteiger partial charge in [0, 0.05) is 30.4 Å². The number of methoxy groups -OCH3 is 1. The molecule has 0 saturated heterocycles. The first kappa shape index (κ1) is 19.4. The molecule has 1 heterocycles. The third kappa shape index (κ3) is 4.59. The number of carbonyl (C=O) groups is 1. The second kappa shape index (κ2) is 7.55. The molecule has 0 aliphatic carbocycles. The lowest BCUT2D eigenvalue weighted by Crippen LogP contribution is -2.13. The van der Waals surface area contributed by atoms with Crippen LogP contribution >= 0.6 is 0 Å². The van der Waals surface area contributed by atoms with Gasteiger partial charge in [0.2, 0.25) is 5.91 Å². The van der Waals surface area contributed by atoms with Crippen molar-refractivity contribution in [1.82, 2.24) is 4.98 Å². The summed E-state index contributed by atoms with van der Waals surface area (Å²) in [7, 11) is 1.43. The van der Waals surface area contributed by atoms with E-state index in [1.54, 1.807) is 0 Å². The summed E-state index contributed by atoms with van der Waals surface area (Å²) in [5, 5.41) is 13.6. The van der Waals surface area contributed by atoms with Crippen molar-refractivity contribution in [2.45, 2.75) is 46.0 Å². The minimum atomic E-state index is -0.527. The Labute approximate surface area is 151 Å². The molecule has 1 aromatic heterocycles. The maximum Gasteiger partial charge on any atom is 0.271 e. The summed E-state index contributed by atoms with van der Waals surface area (Å²) in [5.74, 6) is 1.36. The average Bonchev–Trinajstić information content (AvgIpc) is 2.94. The Morgan fingerprint density at radius 2 is 2.08 bits per heavy atom. The largest absolute Gasteiger partial charge is 0.495 e. The quantitative estimate of drug-likeness (QED) is 0.620. The highest BCUT2D eigenvalue weighted by atomic mass is 16.6. The molecule has 1 N–H and O–H groups in total. The van der Waals surface area contributed by atoms with Crippen LogP contribution in [0.1, 0.15) is 44.5 Å². The van der Waals surface area contributed by atoms with E-state index in [1.807, 2.05) is 27.7 Å². The maximum atomic E-state index is 12.3. The van der Waals surface area contributed by atoms with Crippen molar-refractivity contribution in [2.75, 3.05) is 12.4 Å². The molecule has 0 radical (unpaired) electrons. The van der Waals surface area contributed by atoms with Gasteiger partial charge >= 0.3 is 0 Å². The zero-order valence-electron chi connectivity index (χ0n) is 15.6. The molecular formula is C18H23N3O5. The van der Waals surface area contributed by atoms with E-state index in [4.69, 9.17) is 9.15 Å². The van der Waals surface area contributed by atoms with E-state index in [0.29, 0.717) is 23.8 Å². The average molecular weight is 361 g/mol. The lowest BCUT2D eigenvalue weighted by molar-refractivity contribution is -0.384. The second-order valence-corrected chi connectivity index (χ2v) is 6.97.